The van der Waals surface area contributed by atoms with Gasteiger partial charge in [-0.25, -0.2) is 0 Å². The highest BCUT2D eigenvalue weighted by molar-refractivity contribution is 6.30. The van der Waals surface area contributed by atoms with E-state index in [1.807, 2.05) is 54.2 Å². The molecular formula is C12H13ClN2. The molecule has 0 radical (unpaired) electrons. The minimum atomic E-state index is -0.122. The third-order valence-corrected chi connectivity index (χ3v) is 2.75. The van der Waals surface area contributed by atoms with E-state index in [-0.39, 0.29) is 6.04 Å². The standard InChI is InChI=1S/C12H13ClN2/c1-15-7-3-6-11(15)12(14)9-4-2-5-10(13)8-9/h2-8,12H,14H2,1H3. The van der Waals surface area contributed by atoms with Gasteiger partial charge >= 0.3 is 0 Å². The van der Waals surface area contributed by atoms with Gasteiger partial charge in [0.2, 0.25) is 0 Å². The minimum Gasteiger partial charge on any atom is -0.353 e. The van der Waals surface area contributed by atoms with Crippen molar-refractivity contribution in [3.05, 3.63) is 58.9 Å². The van der Waals surface area contributed by atoms with Crippen molar-refractivity contribution in [1.29, 1.82) is 0 Å². The van der Waals surface area contributed by atoms with Crippen LogP contribution in [-0.2, 0) is 7.05 Å². The van der Waals surface area contributed by atoms with Crippen molar-refractivity contribution in [2.24, 2.45) is 12.8 Å². The summed E-state index contributed by atoms with van der Waals surface area (Å²) in [5.74, 6) is 0. The summed E-state index contributed by atoms with van der Waals surface area (Å²) in [5.41, 5.74) is 8.26. The van der Waals surface area contributed by atoms with Gasteiger partial charge in [0, 0.05) is 24.0 Å². The molecule has 2 rings (SSSR count). The number of rotatable bonds is 2. The Morgan fingerprint density at radius 3 is 2.67 bits per heavy atom. The van der Waals surface area contributed by atoms with Crippen LogP contribution in [0, 0.1) is 0 Å². The van der Waals surface area contributed by atoms with E-state index < -0.39 is 0 Å². The highest BCUT2D eigenvalue weighted by Crippen LogP contribution is 2.21. The number of benzene rings is 1. The predicted molar refractivity (Wildman–Crippen MR) is 62.9 cm³/mol. The summed E-state index contributed by atoms with van der Waals surface area (Å²) >= 11 is 5.93. The maximum atomic E-state index is 6.15. The molecule has 78 valence electrons. The summed E-state index contributed by atoms with van der Waals surface area (Å²) in [4.78, 5) is 0. The number of aromatic nitrogens is 1. The van der Waals surface area contributed by atoms with Crippen LogP contribution in [0.25, 0.3) is 0 Å². The lowest BCUT2D eigenvalue weighted by molar-refractivity contribution is 0.747. The second-order valence-electron chi connectivity index (χ2n) is 3.58. The third kappa shape index (κ3) is 2.06. The van der Waals surface area contributed by atoms with Gasteiger partial charge in [-0.15, -0.1) is 0 Å². The lowest BCUT2D eigenvalue weighted by Crippen LogP contribution is -2.15. The second-order valence-corrected chi connectivity index (χ2v) is 4.01. The molecule has 1 atom stereocenters. The molecule has 0 amide bonds. The molecule has 0 fully saturated rings. The summed E-state index contributed by atoms with van der Waals surface area (Å²) in [5, 5.41) is 0.720. The van der Waals surface area contributed by atoms with E-state index in [4.69, 9.17) is 17.3 Å². The molecule has 0 spiro atoms. The lowest BCUT2D eigenvalue weighted by atomic mass is 10.1. The number of nitrogens with two attached hydrogens (primary N) is 1. The fraction of sp³-hybridized carbons (Fsp3) is 0.167. The highest BCUT2D eigenvalue weighted by Gasteiger charge is 2.11. The van der Waals surface area contributed by atoms with Crippen LogP contribution in [0.4, 0.5) is 0 Å². The third-order valence-electron chi connectivity index (χ3n) is 2.51. The molecule has 0 aliphatic carbocycles. The molecule has 1 aromatic carbocycles. The second kappa shape index (κ2) is 4.09. The van der Waals surface area contributed by atoms with Crippen LogP contribution in [-0.4, -0.2) is 4.57 Å². The number of hydrogen-bond donors (Lipinski definition) is 1. The van der Waals surface area contributed by atoms with E-state index in [1.165, 1.54) is 0 Å². The first-order chi connectivity index (χ1) is 7.18. The monoisotopic (exact) mass is 220 g/mol. The fourth-order valence-corrected chi connectivity index (χ4v) is 1.87. The summed E-state index contributed by atoms with van der Waals surface area (Å²) < 4.78 is 2.02. The highest BCUT2D eigenvalue weighted by atomic mass is 35.5. The van der Waals surface area contributed by atoms with Crippen LogP contribution in [0.15, 0.2) is 42.6 Å². The summed E-state index contributed by atoms with van der Waals surface area (Å²) in [6, 6.07) is 11.5. The van der Waals surface area contributed by atoms with Crippen molar-refractivity contribution in [2.75, 3.05) is 0 Å². The van der Waals surface area contributed by atoms with Gasteiger partial charge in [-0.1, -0.05) is 23.7 Å². The SMILES string of the molecule is Cn1cccc1C(N)c1cccc(Cl)c1. The van der Waals surface area contributed by atoms with Crippen LogP contribution < -0.4 is 5.73 Å². The summed E-state index contributed by atoms with van der Waals surface area (Å²) in [6.07, 6.45) is 1.99. The van der Waals surface area contributed by atoms with E-state index >= 15 is 0 Å². The summed E-state index contributed by atoms with van der Waals surface area (Å²) in [6.45, 7) is 0. The number of aryl methyl sites for hydroxylation is 1. The average molecular weight is 221 g/mol. The number of hydrogen-bond acceptors (Lipinski definition) is 1. The zero-order chi connectivity index (χ0) is 10.8. The Hall–Kier alpha value is -1.25. The quantitative estimate of drug-likeness (QED) is 0.829. The van der Waals surface area contributed by atoms with Gasteiger partial charge < -0.3 is 10.3 Å². The molecule has 3 heteroatoms. The van der Waals surface area contributed by atoms with E-state index in [1.54, 1.807) is 0 Å². The molecule has 0 aliphatic rings. The lowest BCUT2D eigenvalue weighted by Gasteiger charge is -2.13. The Morgan fingerprint density at radius 1 is 1.27 bits per heavy atom. The van der Waals surface area contributed by atoms with Gasteiger partial charge in [0.1, 0.15) is 0 Å². The fourth-order valence-electron chi connectivity index (χ4n) is 1.67. The number of halogens is 1. The predicted octanol–water partition coefficient (Wildman–Crippen LogP) is 2.73. The Labute approximate surface area is 94.3 Å². The molecule has 1 unspecified atom stereocenters. The van der Waals surface area contributed by atoms with Gasteiger partial charge in [-0.3, -0.25) is 0 Å². The first kappa shape index (κ1) is 10.3. The molecule has 1 heterocycles. The van der Waals surface area contributed by atoms with Gasteiger partial charge in [0.05, 0.1) is 6.04 Å². The molecule has 15 heavy (non-hydrogen) atoms. The maximum Gasteiger partial charge on any atom is 0.0706 e. The Bertz CT molecular complexity index is 462. The minimum absolute atomic E-state index is 0.122. The van der Waals surface area contributed by atoms with Crippen molar-refractivity contribution >= 4 is 11.6 Å². The first-order valence-electron chi connectivity index (χ1n) is 4.81. The van der Waals surface area contributed by atoms with Gasteiger partial charge in [0.25, 0.3) is 0 Å². The van der Waals surface area contributed by atoms with Gasteiger partial charge in [0.15, 0.2) is 0 Å². The van der Waals surface area contributed by atoms with E-state index in [0.29, 0.717) is 0 Å². The topological polar surface area (TPSA) is 30.9 Å². The van der Waals surface area contributed by atoms with Crippen LogP contribution in [0.3, 0.4) is 0 Å². The molecule has 0 aliphatic heterocycles. The Balaban J connectivity index is 2.36. The first-order valence-corrected chi connectivity index (χ1v) is 5.18. The molecule has 0 saturated heterocycles. The number of nitrogens with zero attached hydrogens (tertiary/aromatic N) is 1. The largest absolute Gasteiger partial charge is 0.353 e. The van der Waals surface area contributed by atoms with E-state index in [2.05, 4.69) is 0 Å². The zero-order valence-corrected chi connectivity index (χ0v) is 9.28. The Kier molecular flexibility index (Phi) is 2.80. The van der Waals surface area contributed by atoms with Crippen LogP contribution >= 0.6 is 11.6 Å². The molecule has 2 aromatic rings. The van der Waals surface area contributed by atoms with Gasteiger partial charge in [-0.05, 0) is 29.8 Å². The van der Waals surface area contributed by atoms with Crippen LogP contribution in [0.2, 0.25) is 5.02 Å². The molecule has 2 nitrogen and oxygen atoms in total. The zero-order valence-electron chi connectivity index (χ0n) is 8.52. The average Bonchev–Trinajstić information content (AvgIpc) is 2.63. The normalized spacial score (nSPS) is 12.7. The summed E-state index contributed by atoms with van der Waals surface area (Å²) in [7, 11) is 1.99. The van der Waals surface area contributed by atoms with Crippen molar-refractivity contribution < 1.29 is 0 Å². The van der Waals surface area contributed by atoms with Crippen molar-refractivity contribution in [1.82, 2.24) is 4.57 Å². The maximum absolute atomic E-state index is 6.15. The van der Waals surface area contributed by atoms with E-state index in [0.717, 1.165) is 16.3 Å². The molecule has 0 bridgehead atoms. The van der Waals surface area contributed by atoms with Crippen molar-refractivity contribution in [3.8, 4) is 0 Å². The molecule has 0 saturated carbocycles. The van der Waals surface area contributed by atoms with Crippen LogP contribution in [0.1, 0.15) is 17.3 Å². The van der Waals surface area contributed by atoms with Crippen LogP contribution in [0.5, 0.6) is 0 Å². The van der Waals surface area contributed by atoms with Crippen molar-refractivity contribution in [3.63, 3.8) is 0 Å². The van der Waals surface area contributed by atoms with Crippen molar-refractivity contribution in [2.45, 2.75) is 6.04 Å². The van der Waals surface area contributed by atoms with Gasteiger partial charge in [-0.2, -0.15) is 0 Å². The Morgan fingerprint density at radius 2 is 2.07 bits per heavy atom. The molecular weight excluding hydrogens is 208 g/mol. The smallest absolute Gasteiger partial charge is 0.0706 e. The van der Waals surface area contributed by atoms with E-state index in [9.17, 15) is 0 Å². The molecule has 1 aromatic heterocycles. The molecule has 2 N–H and O–H groups in total.